The fraction of sp³-hybridized carbons (Fsp3) is 0. The van der Waals surface area contributed by atoms with Gasteiger partial charge in [-0.1, -0.05) is 53.0 Å². The van der Waals surface area contributed by atoms with Gasteiger partial charge in [0.05, 0.1) is 5.52 Å². The van der Waals surface area contributed by atoms with Gasteiger partial charge in [0.2, 0.25) is 0 Å². The molecule has 0 radical (unpaired) electrons. The number of halogens is 3. The summed E-state index contributed by atoms with van der Waals surface area (Å²) in [5.74, 6) is -2.43. The largest absolute Gasteiger partial charge is 0.328 e. The van der Waals surface area contributed by atoms with E-state index < -0.39 is 17.7 Å². The Morgan fingerprint density at radius 1 is 0.667 bits per heavy atom. The van der Waals surface area contributed by atoms with Crippen molar-refractivity contribution in [2.75, 3.05) is 16.1 Å². The topological polar surface area (TPSA) is 92.2 Å². The van der Waals surface area contributed by atoms with Crippen LogP contribution in [0.15, 0.2) is 72.8 Å². The van der Waals surface area contributed by atoms with Gasteiger partial charge in [-0.2, -0.15) is 0 Å². The first-order valence-electron chi connectivity index (χ1n) is 9.56. The van der Waals surface area contributed by atoms with Gasteiger partial charge < -0.3 is 10.6 Å². The van der Waals surface area contributed by atoms with Crippen molar-refractivity contribution < 1.29 is 14.4 Å². The predicted octanol–water partition coefficient (Wildman–Crippen LogP) is 5.56. The Morgan fingerprint density at radius 2 is 1.36 bits per heavy atom. The van der Waals surface area contributed by atoms with E-state index >= 15 is 0 Å². The first kappa shape index (κ1) is 22.7. The minimum Gasteiger partial charge on any atom is -0.321 e. The number of benzene rings is 3. The van der Waals surface area contributed by atoms with Gasteiger partial charge in [-0.05, 0) is 54.6 Å². The molecular formula is C23H15Cl3N4O3. The van der Waals surface area contributed by atoms with Crippen LogP contribution in [0, 0.1) is 0 Å². The highest BCUT2D eigenvalue weighted by molar-refractivity contribution is 6.42. The van der Waals surface area contributed by atoms with E-state index in [4.69, 9.17) is 34.8 Å². The monoisotopic (exact) mass is 500 g/mol. The molecule has 0 aliphatic carbocycles. The van der Waals surface area contributed by atoms with Gasteiger partial charge >= 0.3 is 11.8 Å². The fourth-order valence-corrected chi connectivity index (χ4v) is 3.86. The molecule has 7 nitrogen and oxygen atoms in total. The molecule has 0 saturated heterocycles. The number of rotatable bonds is 4. The summed E-state index contributed by atoms with van der Waals surface area (Å²) in [5.41, 5.74) is 3.82. The van der Waals surface area contributed by atoms with Crippen LogP contribution in [0.4, 0.5) is 11.4 Å². The van der Waals surface area contributed by atoms with Crippen molar-refractivity contribution >= 4 is 74.8 Å². The van der Waals surface area contributed by atoms with E-state index in [1.54, 1.807) is 48.5 Å². The molecule has 0 atom stereocenters. The normalized spacial score (nSPS) is 10.6. The van der Waals surface area contributed by atoms with Crippen molar-refractivity contribution in [1.82, 2.24) is 4.68 Å². The SMILES string of the molecule is O=C(Nc1ccccc1)C(=O)Nn1c(C(=O)Nc2cc(Cl)cc(Cl)c2)cc2cc(Cl)ccc21. The van der Waals surface area contributed by atoms with Crippen molar-refractivity contribution in [1.29, 1.82) is 0 Å². The molecule has 1 aromatic heterocycles. The number of aromatic nitrogens is 1. The maximum absolute atomic E-state index is 13.1. The van der Waals surface area contributed by atoms with Crippen molar-refractivity contribution in [3.05, 3.63) is 93.6 Å². The third-order valence-corrected chi connectivity index (χ3v) is 5.24. The minimum atomic E-state index is -0.967. The molecule has 1 heterocycles. The first-order valence-corrected chi connectivity index (χ1v) is 10.7. The minimum absolute atomic E-state index is 0.0595. The average molecular weight is 502 g/mol. The Morgan fingerprint density at radius 3 is 2.06 bits per heavy atom. The van der Waals surface area contributed by atoms with Crippen LogP contribution in [0.3, 0.4) is 0 Å². The Balaban J connectivity index is 1.64. The zero-order valence-corrected chi connectivity index (χ0v) is 19.0. The number of hydrogen-bond acceptors (Lipinski definition) is 3. The molecule has 3 aromatic carbocycles. The number of nitrogens with one attached hydrogen (secondary N) is 3. The van der Waals surface area contributed by atoms with E-state index in [-0.39, 0.29) is 5.69 Å². The van der Waals surface area contributed by atoms with Gasteiger partial charge in [0.25, 0.3) is 5.91 Å². The number of para-hydroxylation sites is 1. The van der Waals surface area contributed by atoms with Crippen LogP contribution in [0.25, 0.3) is 10.9 Å². The number of nitrogens with zero attached hydrogens (tertiary/aromatic N) is 1. The summed E-state index contributed by atoms with van der Waals surface area (Å²) in [6.07, 6.45) is 0. The quantitative estimate of drug-likeness (QED) is 0.320. The summed E-state index contributed by atoms with van der Waals surface area (Å²) in [6.45, 7) is 0. The Bertz CT molecular complexity index is 1370. The molecule has 166 valence electrons. The smallest absolute Gasteiger partial charge is 0.321 e. The second kappa shape index (κ2) is 9.54. The first-order chi connectivity index (χ1) is 15.8. The van der Waals surface area contributed by atoms with E-state index in [9.17, 15) is 14.4 Å². The molecule has 0 aliphatic rings. The lowest BCUT2D eigenvalue weighted by molar-refractivity contribution is -0.133. The van der Waals surface area contributed by atoms with E-state index in [1.165, 1.54) is 28.9 Å². The van der Waals surface area contributed by atoms with Crippen molar-refractivity contribution in [2.45, 2.75) is 0 Å². The molecule has 3 N–H and O–H groups in total. The van der Waals surface area contributed by atoms with Gasteiger partial charge in [-0.3, -0.25) is 19.8 Å². The molecule has 33 heavy (non-hydrogen) atoms. The maximum atomic E-state index is 13.1. The maximum Gasteiger partial charge on any atom is 0.328 e. The van der Waals surface area contributed by atoms with Gasteiger partial charge in [0.15, 0.2) is 0 Å². The summed E-state index contributed by atoms with van der Waals surface area (Å²) in [6, 6.07) is 19.5. The van der Waals surface area contributed by atoms with Crippen molar-refractivity contribution in [2.24, 2.45) is 0 Å². The molecule has 4 rings (SSSR count). The van der Waals surface area contributed by atoms with Gasteiger partial charge in [0.1, 0.15) is 5.69 Å². The highest BCUT2D eigenvalue weighted by Gasteiger charge is 2.21. The molecule has 10 heteroatoms. The van der Waals surface area contributed by atoms with Crippen LogP contribution in [-0.4, -0.2) is 22.4 Å². The molecule has 0 saturated carbocycles. The standard InChI is InChI=1S/C23H15Cl3N4O3/c24-14-6-7-19-13(8-14)9-20(21(31)28-18-11-15(25)10-16(26)12-18)30(19)29-23(33)22(32)27-17-4-2-1-3-5-17/h1-12H,(H,27,32)(H,28,31)(H,29,33). The Labute approximate surface area is 203 Å². The summed E-state index contributed by atoms with van der Waals surface area (Å²) in [5, 5.41) is 6.90. The summed E-state index contributed by atoms with van der Waals surface area (Å²) in [4.78, 5) is 38.1. The van der Waals surface area contributed by atoms with Crippen LogP contribution < -0.4 is 16.1 Å². The predicted molar refractivity (Wildman–Crippen MR) is 131 cm³/mol. The van der Waals surface area contributed by atoms with E-state index in [0.29, 0.717) is 37.3 Å². The molecule has 0 aliphatic heterocycles. The zero-order chi connectivity index (χ0) is 23.5. The Kier molecular flexibility index (Phi) is 6.55. The fourth-order valence-electron chi connectivity index (χ4n) is 3.16. The second-order valence-corrected chi connectivity index (χ2v) is 8.25. The summed E-state index contributed by atoms with van der Waals surface area (Å²) in [7, 11) is 0. The average Bonchev–Trinajstić information content (AvgIpc) is 3.11. The summed E-state index contributed by atoms with van der Waals surface area (Å²) >= 11 is 18.1. The lowest BCUT2D eigenvalue weighted by Crippen LogP contribution is -2.36. The zero-order valence-electron chi connectivity index (χ0n) is 16.7. The summed E-state index contributed by atoms with van der Waals surface area (Å²) < 4.78 is 1.22. The number of carbonyl (C=O) groups excluding carboxylic acids is 3. The van der Waals surface area contributed by atoms with Crippen LogP contribution in [0.1, 0.15) is 10.5 Å². The lowest BCUT2D eigenvalue weighted by atomic mass is 10.2. The highest BCUT2D eigenvalue weighted by atomic mass is 35.5. The number of carbonyl (C=O) groups is 3. The van der Waals surface area contributed by atoms with E-state index in [2.05, 4.69) is 16.1 Å². The highest BCUT2D eigenvalue weighted by Crippen LogP contribution is 2.26. The van der Waals surface area contributed by atoms with Crippen LogP contribution in [-0.2, 0) is 9.59 Å². The van der Waals surface area contributed by atoms with Crippen molar-refractivity contribution in [3.8, 4) is 0 Å². The van der Waals surface area contributed by atoms with Crippen molar-refractivity contribution in [3.63, 3.8) is 0 Å². The molecule has 0 bridgehead atoms. The molecule has 0 unspecified atom stereocenters. The molecule has 0 spiro atoms. The molecular weight excluding hydrogens is 487 g/mol. The van der Waals surface area contributed by atoms with E-state index in [1.807, 2.05) is 0 Å². The molecule has 3 amide bonds. The Hall–Kier alpha value is -3.52. The number of anilines is 2. The van der Waals surface area contributed by atoms with Gasteiger partial charge in [0, 0.05) is 31.8 Å². The number of fused-ring (bicyclic) bond motifs is 1. The van der Waals surface area contributed by atoms with Crippen LogP contribution in [0.5, 0.6) is 0 Å². The lowest BCUT2D eigenvalue weighted by Gasteiger charge is -2.13. The van der Waals surface area contributed by atoms with Crippen LogP contribution in [0.2, 0.25) is 15.1 Å². The van der Waals surface area contributed by atoms with Gasteiger partial charge in [-0.15, -0.1) is 0 Å². The van der Waals surface area contributed by atoms with Crippen LogP contribution >= 0.6 is 34.8 Å². The number of hydrogen-bond donors (Lipinski definition) is 3. The van der Waals surface area contributed by atoms with E-state index in [0.717, 1.165) is 0 Å². The molecule has 4 aromatic rings. The third-order valence-electron chi connectivity index (χ3n) is 4.57. The number of amides is 3. The van der Waals surface area contributed by atoms with Gasteiger partial charge in [-0.25, -0.2) is 4.68 Å². The third kappa shape index (κ3) is 5.28. The molecule has 0 fully saturated rings. The second-order valence-electron chi connectivity index (χ2n) is 6.94.